The lowest BCUT2D eigenvalue weighted by molar-refractivity contribution is 0.0636. The predicted molar refractivity (Wildman–Crippen MR) is 61.5 cm³/mol. The first-order chi connectivity index (χ1) is 6.96. The van der Waals surface area contributed by atoms with Gasteiger partial charge in [-0.05, 0) is 24.1 Å². The van der Waals surface area contributed by atoms with Gasteiger partial charge in [0.25, 0.3) is 0 Å². The number of aliphatic imine (C=N–C) groups is 1. The van der Waals surface area contributed by atoms with E-state index in [-0.39, 0.29) is 11.8 Å². The molecule has 80 valence electrons. The largest absolute Gasteiger partial charge is 0.384 e. The standard InChI is InChI=1S/C11H13ClN2O/c1-6(2)11(15)8-5-7(12)3-4-9(8)14-10(11)13/h3-6,15H,1-2H3,(H2,13,14). The lowest BCUT2D eigenvalue weighted by atomic mass is 9.83. The van der Waals surface area contributed by atoms with Crippen LogP contribution in [-0.2, 0) is 5.60 Å². The Morgan fingerprint density at radius 3 is 2.73 bits per heavy atom. The fourth-order valence-electron chi connectivity index (χ4n) is 1.87. The second kappa shape index (κ2) is 3.22. The van der Waals surface area contributed by atoms with E-state index in [2.05, 4.69) is 4.99 Å². The topological polar surface area (TPSA) is 58.6 Å². The van der Waals surface area contributed by atoms with E-state index in [1.807, 2.05) is 13.8 Å². The Hall–Kier alpha value is -1.06. The summed E-state index contributed by atoms with van der Waals surface area (Å²) >= 11 is 5.90. The second-order valence-electron chi connectivity index (χ2n) is 4.08. The Morgan fingerprint density at radius 2 is 2.13 bits per heavy atom. The van der Waals surface area contributed by atoms with Crippen molar-refractivity contribution in [3.8, 4) is 0 Å². The van der Waals surface area contributed by atoms with Crippen molar-refractivity contribution in [2.75, 3.05) is 0 Å². The highest BCUT2D eigenvalue weighted by atomic mass is 35.5. The van der Waals surface area contributed by atoms with Crippen molar-refractivity contribution >= 4 is 23.1 Å². The number of benzene rings is 1. The molecular formula is C11H13ClN2O. The number of fused-ring (bicyclic) bond motifs is 1. The number of hydrogen-bond donors (Lipinski definition) is 2. The molecule has 0 amide bonds. The zero-order chi connectivity index (χ0) is 11.2. The van der Waals surface area contributed by atoms with Gasteiger partial charge in [0.15, 0.2) is 5.60 Å². The maximum absolute atomic E-state index is 10.5. The van der Waals surface area contributed by atoms with Crippen molar-refractivity contribution in [2.24, 2.45) is 16.6 Å². The van der Waals surface area contributed by atoms with Crippen LogP contribution in [0.1, 0.15) is 19.4 Å². The summed E-state index contributed by atoms with van der Waals surface area (Å²) < 4.78 is 0. The number of nitrogens with zero attached hydrogens (tertiary/aromatic N) is 1. The van der Waals surface area contributed by atoms with Gasteiger partial charge in [0, 0.05) is 10.6 Å². The third-order valence-corrected chi connectivity index (χ3v) is 3.07. The molecule has 3 nitrogen and oxygen atoms in total. The van der Waals surface area contributed by atoms with Gasteiger partial charge in [0.05, 0.1) is 5.69 Å². The van der Waals surface area contributed by atoms with Gasteiger partial charge in [0.2, 0.25) is 0 Å². The first-order valence-electron chi connectivity index (χ1n) is 4.83. The first-order valence-corrected chi connectivity index (χ1v) is 5.21. The van der Waals surface area contributed by atoms with Crippen molar-refractivity contribution in [1.82, 2.24) is 0 Å². The highest BCUT2D eigenvalue weighted by molar-refractivity contribution is 6.30. The van der Waals surface area contributed by atoms with Gasteiger partial charge in [-0.1, -0.05) is 25.4 Å². The van der Waals surface area contributed by atoms with E-state index in [0.717, 1.165) is 0 Å². The fraction of sp³-hybridized carbons (Fsp3) is 0.364. The van der Waals surface area contributed by atoms with E-state index in [9.17, 15) is 5.11 Å². The molecule has 3 N–H and O–H groups in total. The molecule has 0 aliphatic carbocycles. The van der Waals surface area contributed by atoms with E-state index < -0.39 is 5.60 Å². The van der Waals surface area contributed by atoms with Gasteiger partial charge in [-0.15, -0.1) is 0 Å². The number of amidine groups is 1. The maximum Gasteiger partial charge on any atom is 0.151 e. The normalized spacial score (nSPS) is 24.2. The summed E-state index contributed by atoms with van der Waals surface area (Å²) in [6.45, 7) is 3.80. The van der Waals surface area contributed by atoms with E-state index in [1.165, 1.54) is 0 Å². The summed E-state index contributed by atoms with van der Waals surface area (Å²) in [6, 6.07) is 5.23. The number of nitrogens with two attached hydrogens (primary N) is 1. The molecular weight excluding hydrogens is 212 g/mol. The molecule has 1 aliphatic heterocycles. The number of halogens is 1. The Bertz CT molecular complexity index is 442. The summed E-state index contributed by atoms with van der Waals surface area (Å²) in [6.07, 6.45) is 0. The van der Waals surface area contributed by atoms with Crippen molar-refractivity contribution in [1.29, 1.82) is 0 Å². The zero-order valence-electron chi connectivity index (χ0n) is 8.66. The monoisotopic (exact) mass is 224 g/mol. The minimum atomic E-state index is -1.18. The van der Waals surface area contributed by atoms with Crippen LogP contribution in [0.3, 0.4) is 0 Å². The van der Waals surface area contributed by atoms with E-state index in [0.29, 0.717) is 16.3 Å². The third kappa shape index (κ3) is 1.34. The molecule has 0 fully saturated rings. The number of hydrogen-bond acceptors (Lipinski definition) is 3. The molecule has 0 aromatic heterocycles. The summed E-state index contributed by atoms with van der Waals surface area (Å²) in [5, 5.41) is 11.1. The van der Waals surface area contributed by atoms with Gasteiger partial charge in [-0.25, -0.2) is 4.99 Å². The van der Waals surface area contributed by atoms with Crippen LogP contribution in [0.2, 0.25) is 5.02 Å². The predicted octanol–water partition coefficient (Wildman–Crippen LogP) is 2.19. The summed E-state index contributed by atoms with van der Waals surface area (Å²) in [5.74, 6) is 0.204. The van der Waals surface area contributed by atoms with Crippen LogP contribution in [0, 0.1) is 5.92 Å². The Balaban J connectivity index is 2.64. The average molecular weight is 225 g/mol. The molecule has 1 aliphatic rings. The lowest BCUT2D eigenvalue weighted by Gasteiger charge is -2.28. The highest BCUT2D eigenvalue weighted by Gasteiger charge is 2.43. The minimum absolute atomic E-state index is 0.0408. The van der Waals surface area contributed by atoms with Crippen molar-refractivity contribution in [3.63, 3.8) is 0 Å². The van der Waals surface area contributed by atoms with Crippen LogP contribution in [0.5, 0.6) is 0 Å². The molecule has 1 atom stereocenters. The Labute approximate surface area is 93.6 Å². The van der Waals surface area contributed by atoms with Crippen molar-refractivity contribution in [3.05, 3.63) is 28.8 Å². The molecule has 4 heteroatoms. The van der Waals surface area contributed by atoms with Gasteiger partial charge in [-0.3, -0.25) is 0 Å². The lowest BCUT2D eigenvalue weighted by Crippen LogP contribution is -2.43. The van der Waals surface area contributed by atoms with Gasteiger partial charge < -0.3 is 10.8 Å². The molecule has 0 saturated carbocycles. The maximum atomic E-state index is 10.5. The van der Waals surface area contributed by atoms with E-state index in [4.69, 9.17) is 17.3 Å². The van der Waals surface area contributed by atoms with Gasteiger partial charge >= 0.3 is 0 Å². The molecule has 1 unspecified atom stereocenters. The SMILES string of the molecule is CC(C)C1(O)C(N)=Nc2ccc(Cl)cc21. The van der Waals surface area contributed by atoms with Crippen molar-refractivity contribution in [2.45, 2.75) is 19.4 Å². The number of rotatable bonds is 1. The zero-order valence-corrected chi connectivity index (χ0v) is 9.42. The van der Waals surface area contributed by atoms with Crippen LogP contribution in [-0.4, -0.2) is 10.9 Å². The summed E-state index contributed by atoms with van der Waals surface area (Å²) in [5.41, 5.74) is 5.99. The molecule has 0 radical (unpaired) electrons. The molecule has 0 saturated heterocycles. The highest BCUT2D eigenvalue weighted by Crippen LogP contribution is 2.42. The molecule has 15 heavy (non-hydrogen) atoms. The molecule has 2 rings (SSSR count). The molecule has 0 spiro atoms. The smallest absolute Gasteiger partial charge is 0.151 e. The van der Waals surface area contributed by atoms with Gasteiger partial charge in [-0.2, -0.15) is 0 Å². The summed E-state index contributed by atoms with van der Waals surface area (Å²) in [4.78, 5) is 4.15. The third-order valence-electron chi connectivity index (χ3n) is 2.84. The summed E-state index contributed by atoms with van der Waals surface area (Å²) in [7, 11) is 0. The molecule has 1 aromatic rings. The van der Waals surface area contributed by atoms with Crippen LogP contribution in [0.15, 0.2) is 23.2 Å². The number of aliphatic hydroxyl groups is 1. The van der Waals surface area contributed by atoms with Crippen LogP contribution >= 0.6 is 11.6 Å². The molecule has 1 heterocycles. The molecule has 1 aromatic carbocycles. The molecule has 0 bridgehead atoms. The minimum Gasteiger partial charge on any atom is -0.384 e. The Morgan fingerprint density at radius 1 is 1.47 bits per heavy atom. The fourth-order valence-corrected chi connectivity index (χ4v) is 2.04. The van der Waals surface area contributed by atoms with Crippen LogP contribution in [0.4, 0.5) is 5.69 Å². The van der Waals surface area contributed by atoms with Crippen LogP contribution in [0.25, 0.3) is 0 Å². The first kappa shape index (κ1) is 10.5. The van der Waals surface area contributed by atoms with Crippen LogP contribution < -0.4 is 5.73 Å². The van der Waals surface area contributed by atoms with Gasteiger partial charge in [0.1, 0.15) is 5.84 Å². The van der Waals surface area contributed by atoms with Crippen molar-refractivity contribution < 1.29 is 5.11 Å². The van der Waals surface area contributed by atoms with E-state index >= 15 is 0 Å². The Kier molecular flexibility index (Phi) is 2.24. The second-order valence-corrected chi connectivity index (χ2v) is 4.52. The quantitative estimate of drug-likeness (QED) is 0.768. The van der Waals surface area contributed by atoms with E-state index in [1.54, 1.807) is 18.2 Å². The average Bonchev–Trinajstić information content (AvgIpc) is 2.42.